The van der Waals surface area contributed by atoms with Crippen LogP contribution in [-0.4, -0.2) is 60.2 Å². The van der Waals surface area contributed by atoms with E-state index in [0.717, 1.165) is 6.07 Å². The van der Waals surface area contributed by atoms with Gasteiger partial charge in [0.1, 0.15) is 11.5 Å². The molecule has 1 aromatic carbocycles. The number of hydrogen-bond acceptors (Lipinski definition) is 8. The minimum atomic E-state index is -3.40. The van der Waals surface area contributed by atoms with Crippen LogP contribution in [0.1, 0.15) is 12.0 Å². The van der Waals surface area contributed by atoms with Crippen LogP contribution < -0.4 is 14.8 Å². The molecule has 0 saturated heterocycles. The van der Waals surface area contributed by atoms with Crippen molar-refractivity contribution in [2.45, 2.75) is 18.1 Å². The topological polar surface area (TPSA) is 138 Å². The van der Waals surface area contributed by atoms with Crippen molar-refractivity contribution in [3.63, 3.8) is 0 Å². The van der Waals surface area contributed by atoms with E-state index in [-0.39, 0.29) is 24.5 Å². The van der Waals surface area contributed by atoms with Crippen LogP contribution in [0.2, 0.25) is 0 Å². The summed E-state index contributed by atoms with van der Waals surface area (Å²) in [4.78, 5) is 11.6. The summed E-state index contributed by atoms with van der Waals surface area (Å²) in [6, 6.07) is 2.48. The average molecular weight is 410 g/mol. The molecule has 24 heavy (non-hydrogen) atoms. The second-order valence-corrected chi connectivity index (χ2v) is 5.68. The van der Waals surface area contributed by atoms with Crippen molar-refractivity contribution >= 4 is 21.8 Å². The molecule has 1 amide bonds. The molecule has 0 spiro atoms. The van der Waals surface area contributed by atoms with Crippen LogP contribution in [0.3, 0.4) is 0 Å². The molecule has 0 atom stereocenters. The quantitative estimate of drug-likeness (QED) is 0.358. The number of rotatable bonds is 8. The lowest BCUT2D eigenvalue weighted by Gasteiger charge is -2.36. The van der Waals surface area contributed by atoms with Crippen molar-refractivity contribution in [1.82, 2.24) is 5.32 Å². The summed E-state index contributed by atoms with van der Waals surface area (Å²) in [5, 5.41) is 42.2. The Morgan fingerprint density at radius 1 is 1.12 bits per heavy atom. The molecule has 0 bridgehead atoms. The van der Waals surface area contributed by atoms with Gasteiger partial charge in [-0.15, -0.1) is 0 Å². The second-order valence-electron chi connectivity index (χ2n) is 4.82. The van der Waals surface area contributed by atoms with E-state index in [9.17, 15) is 25.2 Å². The lowest BCUT2D eigenvalue weighted by atomic mass is 10.00. The second kappa shape index (κ2) is 8.10. The highest BCUT2D eigenvalue weighted by atomic mass is 79.9. The first-order valence-electron chi connectivity index (χ1n) is 6.72. The molecule has 9 nitrogen and oxygen atoms in total. The number of ether oxygens (including phenoxy) is 3. The average Bonchev–Trinajstić information content (AvgIpc) is 2.51. The van der Waals surface area contributed by atoms with E-state index in [1.165, 1.54) is 27.4 Å². The van der Waals surface area contributed by atoms with Crippen LogP contribution in [0.25, 0.3) is 0 Å². The lowest BCUT2D eigenvalue weighted by molar-refractivity contribution is -0.375. The Kier molecular flexibility index (Phi) is 6.96. The Morgan fingerprint density at radius 2 is 1.71 bits per heavy atom. The normalized spacial score (nSPS) is 12.0. The van der Waals surface area contributed by atoms with Gasteiger partial charge in [-0.1, -0.05) is 0 Å². The molecular weight excluding hydrogens is 390 g/mol. The van der Waals surface area contributed by atoms with E-state index < -0.39 is 23.2 Å². The molecule has 0 unspecified atom stereocenters. The van der Waals surface area contributed by atoms with Gasteiger partial charge in [-0.3, -0.25) is 4.79 Å². The van der Waals surface area contributed by atoms with Gasteiger partial charge in [0.15, 0.2) is 0 Å². The molecular formula is C14H20BrNO8. The monoisotopic (exact) mass is 409 g/mol. The van der Waals surface area contributed by atoms with E-state index in [4.69, 9.17) is 9.47 Å². The molecule has 0 radical (unpaired) electrons. The van der Waals surface area contributed by atoms with Crippen LogP contribution in [0.5, 0.6) is 11.5 Å². The number of nitrogens with one attached hydrogen (secondary N) is 1. The van der Waals surface area contributed by atoms with Crippen LogP contribution in [0.15, 0.2) is 16.6 Å². The zero-order chi connectivity index (χ0) is 18.5. The highest BCUT2D eigenvalue weighted by molar-refractivity contribution is 9.10. The number of hydrogen-bond donors (Lipinski definition) is 5. The Balaban J connectivity index is 3.23. The zero-order valence-corrected chi connectivity index (χ0v) is 15.0. The van der Waals surface area contributed by atoms with Crippen molar-refractivity contribution in [1.29, 1.82) is 0 Å². The summed E-state index contributed by atoms with van der Waals surface area (Å²) in [6.07, 6.45) is -0.212. The van der Waals surface area contributed by atoms with Crippen molar-refractivity contribution in [2.24, 2.45) is 0 Å². The van der Waals surface area contributed by atoms with Crippen LogP contribution in [0.4, 0.5) is 0 Å². The molecule has 5 N–H and O–H groups in total. The fourth-order valence-electron chi connectivity index (χ4n) is 1.86. The van der Waals surface area contributed by atoms with Crippen LogP contribution in [0, 0.1) is 0 Å². The number of halogens is 1. The van der Waals surface area contributed by atoms with Gasteiger partial charge >= 0.3 is 5.91 Å². The number of carbonyl (C=O) groups is 1. The van der Waals surface area contributed by atoms with Gasteiger partial charge in [-0.2, -0.15) is 0 Å². The molecule has 10 heteroatoms. The number of methoxy groups -OCH3 is 3. The number of amides is 1. The summed E-state index contributed by atoms with van der Waals surface area (Å²) < 4.78 is 15.2. The maximum absolute atomic E-state index is 11.6. The minimum Gasteiger partial charge on any atom is -0.496 e. The molecule has 0 aliphatic rings. The number of benzene rings is 1. The maximum Gasteiger partial charge on any atom is 0.308 e. The Labute approximate surface area is 146 Å². The summed E-state index contributed by atoms with van der Waals surface area (Å²) in [6.45, 7) is 0.0151. The van der Waals surface area contributed by atoms with Gasteiger partial charge in [-0.25, -0.2) is 0 Å². The first-order valence-corrected chi connectivity index (χ1v) is 7.51. The molecule has 1 aromatic rings. The third-order valence-electron chi connectivity index (χ3n) is 3.18. The Bertz CT molecular complexity index is 590. The molecule has 0 aromatic heterocycles. The molecule has 136 valence electrons. The zero-order valence-electron chi connectivity index (χ0n) is 13.4. The summed E-state index contributed by atoms with van der Waals surface area (Å²) in [7, 11) is 3.95. The Morgan fingerprint density at radius 3 is 2.21 bits per heavy atom. The predicted octanol–water partition coefficient (Wildman–Crippen LogP) is -0.605. The largest absolute Gasteiger partial charge is 0.496 e. The first kappa shape index (κ1) is 20.6. The molecule has 0 fully saturated rings. The third-order valence-corrected chi connectivity index (χ3v) is 3.80. The smallest absolute Gasteiger partial charge is 0.308 e. The molecule has 0 saturated carbocycles. The summed E-state index contributed by atoms with van der Waals surface area (Å²) >= 11 is 3.19. The lowest BCUT2D eigenvalue weighted by Crippen LogP contribution is -2.63. The molecule has 0 heterocycles. The van der Waals surface area contributed by atoms with Crippen molar-refractivity contribution in [2.75, 3.05) is 27.9 Å². The van der Waals surface area contributed by atoms with Crippen molar-refractivity contribution < 1.29 is 39.4 Å². The van der Waals surface area contributed by atoms with E-state index in [2.05, 4.69) is 20.7 Å². The van der Waals surface area contributed by atoms with Gasteiger partial charge in [-0.05, 0) is 28.1 Å². The summed E-state index contributed by atoms with van der Waals surface area (Å²) in [5.41, 5.74) is -0.429. The maximum atomic E-state index is 11.6. The first-order chi connectivity index (χ1) is 11.1. The minimum absolute atomic E-state index is 0.0151. The van der Waals surface area contributed by atoms with Gasteiger partial charge in [0.2, 0.25) is 5.91 Å². The van der Waals surface area contributed by atoms with E-state index >= 15 is 0 Å². The molecule has 1 rings (SSSR count). The van der Waals surface area contributed by atoms with Crippen LogP contribution in [-0.2, 0) is 15.3 Å². The van der Waals surface area contributed by atoms with Crippen molar-refractivity contribution in [3.05, 3.63) is 22.2 Å². The number of carbonyl (C=O) groups excluding carboxylic acids is 1. The van der Waals surface area contributed by atoms with Gasteiger partial charge in [0.05, 0.1) is 37.3 Å². The van der Waals surface area contributed by atoms with Crippen molar-refractivity contribution in [3.8, 4) is 11.5 Å². The fraction of sp³-hybridized carbons (Fsp3) is 0.500. The SMILES string of the molecule is COCCC(=O)NC(O)(O)C(O)(O)c1cc(OC)c(Br)cc1OC. The predicted molar refractivity (Wildman–Crippen MR) is 85.2 cm³/mol. The highest BCUT2D eigenvalue weighted by Gasteiger charge is 2.52. The van der Waals surface area contributed by atoms with Gasteiger partial charge in [0.25, 0.3) is 5.79 Å². The van der Waals surface area contributed by atoms with Gasteiger partial charge < -0.3 is 40.0 Å². The standard InChI is InChI=1S/C14H20BrNO8/c1-22-5-4-12(17)16-14(20,21)13(18,19)8-6-11(24-3)9(15)7-10(8)23-2/h6-7,18-21H,4-5H2,1-3H3,(H,16,17). The van der Waals surface area contributed by atoms with Crippen LogP contribution >= 0.6 is 15.9 Å². The van der Waals surface area contributed by atoms with E-state index in [1.807, 2.05) is 0 Å². The van der Waals surface area contributed by atoms with Gasteiger partial charge in [0, 0.05) is 7.11 Å². The number of aliphatic hydroxyl groups is 4. The molecule has 0 aliphatic carbocycles. The fourth-order valence-corrected chi connectivity index (χ4v) is 2.34. The van der Waals surface area contributed by atoms with E-state index in [1.54, 1.807) is 5.32 Å². The van der Waals surface area contributed by atoms with E-state index in [0.29, 0.717) is 4.47 Å². The summed E-state index contributed by atoms with van der Waals surface area (Å²) in [5.74, 6) is -7.46. The third kappa shape index (κ3) is 4.35. The molecule has 0 aliphatic heterocycles. The Hall–Kier alpha value is -1.43. The highest BCUT2D eigenvalue weighted by Crippen LogP contribution is 2.40.